The number of benzene rings is 1. The fraction of sp³-hybridized carbons (Fsp3) is 0.450. The first-order valence-electron chi connectivity index (χ1n) is 9.01. The third-order valence-electron chi connectivity index (χ3n) is 4.61. The number of carbonyl (C=O) groups excluding carboxylic acids is 1. The van der Waals surface area contributed by atoms with Gasteiger partial charge < -0.3 is 5.32 Å². The van der Waals surface area contributed by atoms with Crippen LogP contribution in [-0.4, -0.2) is 16.1 Å². The molecule has 132 valence electrons. The minimum Gasteiger partial charge on any atom is -0.348 e. The van der Waals surface area contributed by atoms with Crippen LogP contribution in [0.3, 0.4) is 0 Å². The van der Waals surface area contributed by atoms with Crippen LogP contribution in [-0.2, 0) is 25.8 Å². The number of aryl methyl sites for hydroxylation is 1. The number of nitrogens with one attached hydrogen (secondary N) is 2. The van der Waals surface area contributed by atoms with Gasteiger partial charge in [0.05, 0.1) is 5.69 Å². The van der Waals surface area contributed by atoms with Crippen molar-refractivity contribution >= 4 is 5.91 Å². The summed E-state index contributed by atoms with van der Waals surface area (Å²) in [5.41, 5.74) is 3.84. The summed E-state index contributed by atoms with van der Waals surface area (Å²) in [6.45, 7) is 4.81. The Hall–Kier alpha value is -2.43. The number of rotatable bonds is 5. The molecule has 1 heterocycles. The fourth-order valence-corrected chi connectivity index (χ4v) is 3.37. The van der Waals surface area contributed by atoms with E-state index in [4.69, 9.17) is 0 Å². The SMILES string of the molecule is CC(C)Cc1ccc(CNC(=O)c2c3c(n[nH]c2=O)CCCC3)cc1. The molecule has 0 saturated heterocycles. The largest absolute Gasteiger partial charge is 0.348 e. The van der Waals surface area contributed by atoms with Crippen LogP contribution in [0.1, 0.15) is 59.4 Å². The van der Waals surface area contributed by atoms with Crippen molar-refractivity contribution in [3.63, 3.8) is 0 Å². The van der Waals surface area contributed by atoms with Gasteiger partial charge in [-0.2, -0.15) is 5.10 Å². The van der Waals surface area contributed by atoms with Crippen LogP contribution in [0.25, 0.3) is 0 Å². The van der Waals surface area contributed by atoms with Crippen LogP contribution < -0.4 is 10.9 Å². The monoisotopic (exact) mass is 339 g/mol. The van der Waals surface area contributed by atoms with E-state index in [1.54, 1.807) is 0 Å². The van der Waals surface area contributed by atoms with E-state index < -0.39 is 5.56 Å². The lowest BCUT2D eigenvalue weighted by atomic mass is 9.93. The van der Waals surface area contributed by atoms with Crippen LogP contribution in [0.15, 0.2) is 29.1 Å². The van der Waals surface area contributed by atoms with Gasteiger partial charge in [0.1, 0.15) is 5.56 Å². The summed E-state index contributed by atoms with van der Waals surface area (Å²) in [6, 6.07) is 8.26. The maximum atomic E-state index is 12.6. The van der Waals surface area contributed by atoms with Gasteiger partial charge in [0.2, 0.25) is 0 Å². The van der Waals surface area contributed by atoms with Crippen molar-refractivity contribution in [1.82, 2.24) is 15.5 Å². The molecule has 2 N–H and O–H groups in total. The highest BCUT2D eigenvalue weighted by Gasteiger charge is 2.22. The van der Waals surface area contributed by atoms with Crippen LogP contribution in [0.2, 0.25) is 0 Å². The van der Waals surface area contributed by atoms with Crippen LogP contribution >= 0.6 is 0 Å². The normalized spacial score (nSPS) is 13.6. The quantitative estimate of drug-likeness (QED) is 0.879. The molecule has 1 aliphatic carbocycles. The number of fused-ring (bicyclic) bond motifs is 1. The van der Waals surface area contributed by atoms with Crippen molar-refractivity contribution in [2.24, 2.45) is 5.92 Å². The Morgan fingerprint density at radius 3 is 2.56 bits per heavy atom. The molecule has 5 heteroatoms. The zero-order valence-corrected chi connectivity index (χ0v) is 14.9. The lowest BCUT2D eigenvalue weighted by Gasteiger charge is -2.17. The van der Waals surface area contributed by atoms with E-state index in [9.17, 15) is 9.59 Å². The molecule has 0 atom stereocenters. The molecule has 0 radical (unpaired) electrons. The first kappa shape index (κ1) is 17.4. The molecule has 25 heavy (non-hydrogen) atoms. The Morgan fingerprint density at radius 1 is 1.16 bits per heavy atom. The average Bonchev–Trinajstić information content (AvgIpc) is 2.60. The van der Waals surface area contributed by atoms with Gasteiger partial charge in [-0.25, -0.2) is 5.10 Å². The molecule has 0 unspecified atom stereocenters. The number of hydrogen-bond donors (Lipinski definition) is 2. The zero-order valence-electron chi connectivity index (χ0n) is 14.9. The summed E-state index contributed by atoms with van der Waals surface area (Å²) in [7, 11) is 0. The van der Waals surface area contributed by atoms with E-state index in [1.807, 2.05) is 12.1 Å². The first-order valence-corrected chi connectivity index (χ1v) is 9.01. The summed E-state index contributed by atoms with van der Waals surface area (Å²) in [6.07, 6.45) is 4.67. The molecule has 1 aromatic heterocycles. The maximum Gasteiger partial charge on any atom is 0.277 e. The predicted octanol–water partition coefficient (Wildman–Crippen LogP) is 2.78. The van der Waals surface area contributed by atoms with E-state index in [0.717, 1.165) is 48.9 Å². The Labute approximate surface area is 147 Å². The molecular weight excluding hydrogens is 314 g/mol. The minimum absolute atomic E-state index is 0.237. The van der Waals surface area contributed by atoms with E-state index in [0.29, 0.717) is 12.5 Å². The molecule has 0 fully saturated rings. The van der Waals surface area contributed by atoms with Gasteiger partial charge in [-0.05, 0) is 54.7 Å². The number of H-pyrrole nitrogens is 1. The number of hydrogen-bond acceptors (Lipinski definition) is 3. The van der Waals surface area contributed by atoms with Gasteiger partial charge in [0.15, 0.2) is 0 Å². The molecule has 3 rings (SSSR count). The lowest BCUT2D eigenvalue weighted by molar-refractivity contribution is 0.0947. The third kappa shape index (κ3) is 4.16. The summed E-state index contributed by atoms with van der Waals surface area (Å²) in [5, 5.41) is 9.44. The minimum atomic E-state index is -0.398. The highest BCUT2D eigenvalue weighted by atomic mass is 16.2. The van der Waals surface area contributed by atoms with Crippen LogP contribution in [0.4, 0.5) is 0 Å². The molecule has 0 spiro atoms. The number of amides is 1. The van der Waals surface area contributed by atoms with Gasteiger partial charge in [-0.3, -0.25) is 9.59 Å². The van der Waals surface area contributed by atoms with Crippen molar-refractivity contribution in [2.45, 2.75) is 52.5 Å². The Morgan fingerprint density at radius 2 is 1.84 bits per heavy atom. The van der Waals surface area contributed by atoms with Crippen molar-refractivity contribution in [1.29, 1.82) is 0 Å². The topological polar surface area (TPSA) is 74.8 Å². The number of carbonyl (C=O) groups is 1. The van der Waals surface area contributed by atoms with Gasteiger partial charge in [0.25, 0.3) is 11.5 Å². The molecule has 0 aliphatic heterocycles. The van der Waals surface area contributed by atoms with Crippen molar-refractivity contribution in [3.05, 3.63) is 62.6 Å². The molecular formula is C20H25N3O2. The zero-order chi connectivity index (χ0) is 17.8. The average molecular weight is 339 g/mol. The van der Waals surface area contributed by atoms with E-state index >= 15 is 0 Å². The van der Waals surface area contributed by atoms with Crippen molar-refractivity contribution in [2.75, 3.05) is 0 Å². The Bertz CT molecular complexity index is 807. The number of nitrogens with zero attached hydrogens (tertiary/aromatic N) is 1. The molecule has 1 aliphatic rings. The summed E-state index contributed by atoms with van der Waals surface area (Å²) < 4.78 is 0. The molecule has 1 amide bonds. The second-order valence-electron chi connectivity index (χ2n) is 7.16. The second-order valence-corrected chi connectivity index (χ2v) is 7.16. The molecule has 1 aromatic carbocycles. The Balaban J connectivity index is 1.70. The fourth-order valence-electron chi connectivity index (χ4n) is 3.37. The van der Waals surface area contributed by atoms with Gasteiger partial charge in [0, 0.05) is 6.54 Å². The van der Waals surface area contributed by atoms with Crippen molar-refractivity contribution in [3.8, 4) is 0 Å². The summed E-state index contributed by atoms with van der Waals surface area (Å²) >= 11 is 0. The van der Waals surface area contributed by atoms with Gasteiger partial charge >= 0.3 is 0 Å². The van der Waals surface area contributed by atoms with Crippen molar-refractivity contribution < 1.29 is 4.79 Å². The highest BCUT2D eigenvalue weighted by Crippen LogP contribution is 2.20. The van der Waals surface area contributed by atoms with Gasteiger partial charge in [-0.15, -0.1) is 0 Å². The highest BCUT2D eigenvalue weighted by molar-refractivity contribution is 5.95. The maximum absolute atomic E-state index is 12.6. The standard InChI is InChI=1S/C20H25N3O2/c1-13(2)11-14-7-9-15(10-8-14)12-21-19(24)18-16-5-3-4-6-17(16)22-23-20(18)25/h7-10,13H,3-6,11-12H2,1-2H3,(H,21,24)(H,23,25). The number of aromatic amines is 1. The number of aromatic nitrogens is 2. The Kier molecular flexibility index (Phi) is 5.31. The van der Waals surface area contributed by atoms with E-state index in [1.165, 1.54) is 5.56 Å². The molecule has 5 nitrogen and oxygen atoms in total. The van der Waals surface area contributed by atoms with Gasteiger partial charge in [-0.1, -0.05) is 38.1 Å². The van der Waals surface area contributed by atoms with Crippen LogP contribution in [0, 0.1) is 5.92 Å². The third-order valence-corrected chi connectivity index (χ3v) is 4.61. The van der Waals surface area contributed by atoms with E-state index in [2.05, 4.69) is 41.5 Å². The predicted molar refractivity (Wildman–Crippen MR) is 97.7 cm³/mol. The smallest absolute Gasteiger partial charge is 0.277 e. The summed E-state index contributed by atoms with van der Waals surface area (Å²) in [4.78, 5) is 24.7. The second kappa shape index (κ2) is 7.64. The molecule has 0 bridgehead atoms. The lowest BCUT2D eigenvalue weighted by Crippen LogP contribution is -2.33. The summed E-state index contributed by atoms with van der Waals surface area (Å²) in [5.74, 6) is 0.309. The molecule has 2 aromatic rings. The van der Waals surface area contributed by atoms with E-state index in [-0.39, 0.29) is 11.5 Å². The molecule has 0 saturated carbocycles. The first-order chi connectivity index (χ1) is 12.0. The van der Waals surface area contributed by atoms with Crippen LogP contribution in [0.5, 0.6) is 0 Å².